The average Bonchev–Trinajstić information content (AvgIpc) is 2.32. The molecular weight excluding hydrogens is 310 g/mol. The zero-order valence-corrected chi connectivity index (χ0v) is 13.6. The summed E-state index contributed by atoms with van der Waals surface area (Å²) in [5, 5.41) is 13.2. The van der Waals surface area contributed by atoms with Crippen LogP contribution in [0.2, 0.25) is 0 Å². The molecule has 2 atom stereocenters. The first kappa shape index (κ1) is 16.0. The van der Waals surface area contributed by atoms with Crippen LogP contribution in [0.4, 0.5) is 0 Å². The maximum atomic E-state index is 9.60. The lowest BCUT2D eigenvalue weighted by Gasteiger charge is -2.17. The van der Waals surface area contributed by atoms with Crippen LogP contribution < -0.4 is 5.32 Å². The molecule has 18 heavy (non-hydrogen) atoms. The van der Waals surface area contributed by atoms with Crippen molar-refractivity contribution in [2.75, 3.05) is 6.54 Å². The highest BCUT2D eigenvalue weighted by Crippen LogP contribution is 2.30. The zero-order valence-electron chi connectivity index (χ0n) is 11.2. The molecule has 0 radical (unpaired) electrons. The van der Waals surface area contributed by atoms with Gasteiger partial charge in [-0.15, -0.1) is 11.8 Å². The van der Waals surface area contributed by atoms with Gasteiger partial charge in [0.25, 0.3) is 0 Å². The van der Waals surface area contributed by atoms with Gasteiger partial charge in [-0.2, -0.15) is 0 Å². The van der Waals surface area contributed by atoms with Crippen molar-refractivity contribution in [2.24, 2.45) is 0 Å². The molecule has 0 aliphatic heterocycles. The van der Waals surface area contributed by atoms with Gasteiger partial charge in [-0.05, 0) is 43.7 Å². The maximum Gasteiger partial charge on any atom is 0.0631 e. The highest BCUT2D eigenvalue weighted by Gasteiger charge is 2.13. The lowest BCUT2D eigenvalue weighted by molar-refractivity contribution is 0.196. The minimum Gasteiger partial charge on any atom is -0.392 e. The first-order valence-electron chi connectivity index (χ1n) is 6.38. The van der Waals surface area contributed by atoms with Gasteiger partial charge in [-0.3, -0.25) is 0 Å². The Morgan fingerprint density at radius 2 is 2.11 bits per heavy atom. The zero-order chi connectivity index (χ0) is 13.5. The standard InChI is InChI=1S/C14H22BrNOS/c1-4-7-16-9-12-8-13(15)5-6-14(12)18-11(3)10(2)17/h5-6,8,10-11,16-17H,4,7,9H2,1-3H3. The van der Waals surface area contributed by atoms with Crippen LogP contribution in [0.25, 0.3) is 0 Å². The number of nitrogens with one attached hydrogen (secondary N) is 1. The van der Waals surface area contributed by atoms with E-state index in [9.17, 15) is 5.11 Å². The number of aliphatic hydroxyl groups excluding tert-OH is 1. The molecule has 2 N–H and O–H groups in total. The Balaban J connectivity index is 2.75. The SMILES string of the molecule is CCCNCc1cc(Br)ccc1SC(C)C(C)O. The fourth-order valence-corrected chi connectivity index (χ4v) is 2.93. The minimum atomic E-state index is -0.296. The van der Waals surface area contributed by atoms with Crippen molar-refractivity contribution in [3.05, 3.63) is 28.2 Å². The summed E-state index contributed by atoms with van der Waals surface area (Å²) >= 11 is 5.25. The normalized spacial score (nSPS) is 14.5. The molecule has 0 fully saturated rings. The second-order valence-electron chi connectivity index (χ2n) is 4.49. The molecule has 2 unspecified atom stereocenters. The van der Waals surface area contributed by atoms with Gasteiger partial charge in [0.2, 0.25) is 0 Å². The molecule has 1 aromatic rings. The van der Waals surface area contributed by atoms with Crippen LogP contribution in [0, 0.1) is 0 Å². The van der Waals surface area contributed by atoms with Crippen molar-refractivity contribution in [1.29, 1.82) is 0 Å². The van der Waals surface area contributed by atoms with Crippen LogP contribution >= 0.6 is 27.7 Å². The molecule has 102 valence electrons. The maximum absolute atomic E-state index is 9.60. The smallest absolute Gasteiger partial charge is 0.0631 e. The summed E-state index contributed by atoms with van der Waals surface area (Å²) in [6, 6.07) is 6.33. The van der Waals surface area contributed by atoms with E-state index >= 15 is 0 Å². The molecule has 0 saturated carbocycles. The van der Waals surface area contributed by atoms with Crippen LogP contribution in [-0.4, -0.2) is 23.0 Å². The largest absolute Gasteiger partial charge is 0.392 e. The van der Waals surface area contributed by atoms with Crippen LogP contribution in [0.1, 0.15) is 32.8 Å². The van der Waals surface area contributed by atoms with Gasteiger partial charge in [-0.25, -0.2) is 0 Å². The lowest BCUT2D eigenvalue weighted by Crippen LogP contribution is -2.17. The molecule has 4 heteroatoms. The Labute approximate surface area is 123 Å². The first-order valence-corrected chi connectivity index (χ1v) is 8.05. The second-order valence-corrected chi connectivity index (χ2v) is 6.83. The number of thioether (sulfide) groups is 1. The number of aliphatic hydroxyl groups is 1. The van der Waals surface area contributed by atoms with Crippen LogP contribution in [0.3, 0.4) is 0 Å². The van der Waals surface area contributed by atoms with E-state index in [2.05, 4.69) is 53.3 Å². The van der Waals surface area contributed by atoms with E-state index in [4.69, 9.17) is 0 Å². The first-order chi connectivity index (χ1) is 8.54. The van der Waals surface area contributed by atoms with Crippen molar-refractivity contribution in [2.45, 2.75) is 50.0 Å². The predicted octanol–water partition coefficient (Wildman–Crippen LogP) is 3.81. The summed E-state index contributed by atoms with van der Waals surface area (Å²) in [5.74, 6) is 0. The number of benzene rings is 1. The van der Waals surface area contributed by atoms with Gasteiger partial charge in [0, 0.05) is 21.2 Å². The third kappa shape index (κ3) is 5.31. The van der Waals surface area contributed by atoms with Gasteiger partial charge in [0.15, 0.2) is 0 Å². The highest BCUT2D eigenvalue weighted by molar-refractivity contribution is 9.10. The molecule has 1 aromatic carbocycles. The van der Waals surface area contributed by atoms with Gasteiger partial charge in [-0.1, -0.05) is 29.8 Å². The van der Waals surface area contributed by atoms with Crippen molar-refractivity contribution in [3.63, 3.8) is 0 Å². The Bertz CT molecular complexity index is 371. The summed E-state index contributed by atoms with van der Waals surface area (Å²) in [5.41, 5.74) is 1.29. The fourth-order valence-electron chi connectivity index (χ4n) is 1.50. The number of hydrogen-bond donors (Lipinski definition) is 2. The summed E-state index contributed by atoms with van der Waals surface area (Å²) in [6.45, 7) is 7.97. The van der Waals surface area contributed by atoms with E-state index in [1.54, 1.807) is 11.8 Å². The lowest BCUT2D eigenvalue weighted by atomic mass is 10.2. The van der Waals surface area contributed by atoms with E-state index < -0.39 is 0 Å². The third-order valence-electron chi connectivity index (χ3n) is 2.76. The molecule has 2 nitrogen and oxygen atoms in total. The molecule has 0 spiro atoms. The molecule has 0 aromatic heterocycles. The Hall–Kier alpha value is -0.0300. The number of rotatable bonds is 7. The summed E-state index contributed by atoms with van der Waals surface area (Å²) in [6.07, 6.45) is 0.843. The average molecular weight is 332 g/mol. The van der Waals surface area contributed by atoms with E-state index in [1.807, 2.05) is 6.92 Å². The Kier molecular flexibility index (Phi) is 7.30. The van der Waals surface area contributed by atoms with Gasteiger partial charge < -0.3 is 10.4 Å². The Morgan fingerprint density at radius 3 is 2.72 bits per heavy atom. The van der Waals surface area contributed by atoms with E-state index in [0.717, 1.165) is 24.0 Å². The van der Waals surface area contributed by atoms with Crippen molar-refractivity contribution < 1.29 is 5.11 Å². The Morgan fingerprint density at radius 1 is 1.39 bits per heavy atom. The predicted molar refractivity (Wildman–Crippen MR) is 83.1 cm³/mol. The number of halogens is 1. The van der Waals surface area contributed by atoms with Crippen molar-refractivity contribution in [3.8, 4) is 0 Å². The monoisotopic (exact) mass is 331 g/mol. The van der Waals surface area contributed by atoms with Crippen molar-refractivity contribution >= 4 is 27.7 Å². The second kappa shape index (κ2) is 8.20. The van der Waals surface area contributed by atoms with Gasteiger partial charge in [0.1, 0.15) is 0 Å². The van der Waals surface area contributed by atoms with E-state index in [-0.39, 0.29) is 11.4 Å². The van der Waals surface area contributed by atoms with Crippen molar-refractivity contribution in [1.82, 2.24) is 5.32 Å². The molecule has 0 bridgehead atoms. The third-order valence-corrected chi connectivity index (χ3v) is 4.67. The van der Waals surface area contributed by atoms with Crippen LogP contribution in [0.15, 0.2) is 27.6 Å². The molecule has 0 amide bonds. The molecule has 0 aliphatic carbocycles. The molecular formula is C14H22BrNOS. The topological polar surface area (TPSA) is 32.3 Å². The van der Waals surface area contributed by atoms with Gasteiger partial charge in [0.05, 0.1) is 6.10 Å². The van der Waals surface area contributed by atoms with Gasteiger partial charge >= 0.3 is 0 Å². The van der Waals surface area contributed by atoms with E-state index in [1.165, 1.54) is 10.5 Å². The number of hydrogen-bond acceptors (Lipinski definition) is 3. The summed E-state index contributed by atoms with van der Waals surface area (Å²) in [4.78, 5) is 1.25. The molecule has 0 aliphatic rings. The van der Waals surface area contributed by atoms with Crippen LogP contribution in [-0.2, 0) is 6.54 Å². The van der Waals surface area contributed by atoms with Crippen LogP contribution in [0.5, 0.6) is 0 Å². The molecule has 1 rings (SSSR count). The molecule has 0 heterocycles. The minimum absolute atomic E-state index is 0.205. The molecule has 0 saturated heterocycles. The summed E-state index contributed by atoms with van der Waals surface area (Å²) in [7, 11) is 0. The highest BCUT2D eigenvalue weighted by atomic mass is 79.9. The quantitative estimate of drug-likeness (QED) is 0.588. The summed E-state index contributed by atoms with van der Waals surface area (Å²) < 4.78 is 1.10. The van der Waals surface area contributed by atoms with E-state index in [0.29, 0.717) is 0 Å². The fraction of sp³-hybridized carbons (Fsp3) is 0.571.